The molecule has 0 saturated carbocycles. The van der Waals surface area contributed by atoms with Crippen molar-refractivity contribution in [1.82, 2.24) is 10.3 Å². The van der Waals surface area contributed by atoms with Gasteiger partial charge in [0.2, 0.25) is 0 Å². The molecule has 0 amide bonds. The SMILES string of the molecule is C#CCCC(NN)C(C)(C)N1CCCC1. The molecule has 1 rings (SSSR count). The standard InChI is InChI=1S/C12H23N3/c1-4-5-8-11(14-13)12(2,3)15-9-6-7-10-15/h1,11,14H,5-10,13H2,2-3H3. The highest BCUT2D eigenvalue weighted by Crippen LogP contribution is 2.25. The number of hydrazine groups is 1. The van der Waals surface area contributed by atoms with Crippen molar-refractivity contribution >= 4 is 0 Å². The van der Waals surface area contributed by atoms with Gasteiger partial charge < -0.3 is 0 Å². The van der Waals surface area contributed by atoms with E-state index < -0.39 is 0 Å². The second-order valence-electron chi connectivity index (χ2n) is 4.81. The third kappa shape index (κ3) is 2.94. The summed E-state index contributed by atoms with van der Waals surface area (Å²) in [6.45, 7) is 6.86. The average Bonchev–Trinajstić information content (AvgIpc) is 2.72. The first-order chi connectivity index (χ1) is 7.12. The van der Waals surface area contributed by atoms with Crippen molar-refractivity contribution in [2.45, 2.75) is 51.1 Å². The van der Waals surface area contributed by atoms with Gasteiger partial charge in [-0.3, -0.25) is 16.2 Å². The van der Waals surface area contributed by atoms with Gasteiger partial charge in [-0.25, -0.2) is 0 Å². The molecule has 86 valence electrons. The zero-order chi connectivity index (χ0) is 11.3. The van der Waals surface area contributed by atoms with Gasteiger partial charge in [-0.05, 0) is 46.2 Å². The lowest BCUT2D eigenvalue weighted by molar-refractivity contribution is 0.103. The summed E-state index contributed by atoms with van der Waals surface area (Å²) in [4.78, 5) is 2.51. The molecule has 0 aromatic heterocycles. The Hall–Kier alpha value is -0.560. The second kappa shape index (κ2) is 5.50. The first-order valence-corrected chi connectivity index (χ1v) is 5.77. The summed E-state index contributed by atoms with van der Waals surface area (Å²) >= 11 is 0. The summed E-state index contributed by atoms with van der Waals surface area (Å²) in [7, 11) is 0. The molecule has 1 fully saturated rings. The zero-order valence-corrected chi connectivity index (χ0v) is 9.92. The minimum atomic E-state index is 0.0993. The van der Waals surface area contributed by atoms with E-state index in [1.54, 1.807) is 0 Å². The van der Waals surface area contributed by atoms with Crippen LogP contribution in [0.5, 0.6) is 0 Å². The van der Waals surface area contributed by atoms with Crippen LogP contribution in [0.4, 0.5) is 0 Å². The summed E-state index contributed by atoms with van der Waals surface area (Å²) in [5.41, 5.74) is 3.02. The Bertz CT molecular complexity index is 224. The monoisotopic (exact) mass is 209 g/mol. The predicted molar refractivity (Wildman–Crippen MR) is 64.1 cm³/mol. The Morgan fingerprint density at radius 3 is 2.53 bits per heavy atom. The van der Waals surface area contributed by atoms with E-state index in [1.807, 2.05) is 0 Å². The molecule has 1 heterocycles. The number of terminal acetylenes is 1. The van der Waals surface area contributed by atoms with Crippen LogP contribution < -0.4 is 11.3 Å². The Kier molecular flexibility index (Phi) is 4.59. The van der Waals surface area contributed by atoms with Crippen LogP contribution in [0.3, 0.4) is 0 Å². The van der Waals surface area contributed by atoms with Gasteiger partial charge >= 0.3 is 0 Å². The van der Waals surface area contributed by atoms with E-state index in [1.165, 1.54) is 25.9 Å². The van der Waals surface area contributed by atoms with Gasteiger partial charge in [0.05, 0.1) is 0 Å². The van der Waals surface area contributed by atoms with Crippen molar-refractivity contribution in [2.75, 3.05) is 13.1 Å². The van der Waals surface area contributed by atoms with E-state index in [4.69, 9.17) is 12.3 Å². The minimum absolute atomic E-state index is 0.0993. The molecule has 3 N–H and O–H groups in total. The fraction of sp³-hybridized carbons (Fsp3) is 0.833. The van der Waals surface area contributed by atoms with Crippen molar-refractivity contribution in [3.63, 3.8) is 0 Å². The number of hydrogen-bond acceptors (Lipinski definition) is 3. The highest BCUT2D eigenvalue weighted by atomic mass is 15.3. The molecule has 1 atom stereocenters. The van der Waals surface area contributed by atoms with Crippen molar-refractivity contribution in [2.24, 2.45) is 5.84 Å². The highest BCUT2D eigenvalue weighted by Gasteiger charge is 2.35. The first kappa shape index (κ1) is 12.5. The van der Waals surface area contributed by atoms with Crippen LogP contribution in [-0.4, -0.2) is 29.6 Å². The van der Waals surface area contributed by atoms with Crippen LogP contribution in [0.25, 0.3) is 0 Å². The van der Waals surface area contributed by atoms with Crippen LogP contribution >= 0.6 is 0 Å². The Balaban J connectivity index is 2.59. The van der Waals surface area contributed by atoms with E-state index in [2.05, 4.69) is 30.1 Å². The van der Waals surface area contributed by atoms with Crippen LogP contribution in [0.2, 0.25) is 0 Å². The Morgan fingerprint density at radius 1 is 1.47 bits per heavy atom. The maximum atomic E-state index is 5.62. The first-order valence-electron chi connectivity index (χ1n) is 5.77. The highest BCUT2D eigenvalue weighted by molar-refractivity contribution is 4.96. The van der Waals surface area contributed by atoms with Crippen molar-refractivity contribution in [3.05, 3.63) is 0 Å². The number of nitrogens with one attached hydrogen (secondary N) is 1. The van der Waals surface area contributed by atoms with Crippen molar-refractivity contribution in [1.29, 1.82) is 0 Å². The summed E-state index contributed by atoms with van der Waals surface area (Å²) in [5.74, 6) is 8.30. The van der Waals surface area contributed by atoms with Crippen molar-refractivity contribution < 1.29 is 0 Å². The van der Waals surface area contributed by atoms with Crippen LogP contribution in [-0.2, 0) is 0 Å². The molecule has 1 saturated heterocycles. The molecule has 0 bridgehead atoms. The molecule has 0 radical (unpaired) electrons. The van der Waals surface area contributed by atoms with E-state index >= 15 is 0 Å². The smallest absolute Gasteiger partial charge is 0.0398 e. The average molecular weight is 209 g/mol. The predicted octanol–water partition coefficient (Wildman–Crippen LogP) is 1.11. The van der Waals surface area contributed by atoms with Gasteiger partial charge in [-0.2, -0.15) is 0 Å². The van der Waals surface area contributed by atoms with E-state index in [-0.39, 0.29) is 11.6 Å². The molecule has 3 nitrogen and oxygen atoms in total. The maximum absolute atomic E-state index is 5.62. The number of nitrogens with two attached hydrogens (primary N) is 1. The molecule has 15 heavy (non-hydrogen) atoms. The van der Waals surface area contributed by atoms with Crippen LogP contribution in [0.15, 0.2) is 0 Å². The molecule has 0 aromatic carbocycles. The van der Waals surface area contributed by atoms with Crippen molar-refractivity contribution in [3.8, 4) is 12.3 Å². The fourth-order valence-corrected chi connectivity index (χ4v) is 2.38. The lowest BCUT2D eigenvalue weighted by Gasteiger charge is -2.41. The number of hydrogen-bond donors (Lipinski definition) is 2. The van der Waals surface area contributed by atoms with Gasteiger partial charge in [0.15, 0.2) is 0 Å². The van der Waals surface area contributed by atoms with Gasteiger partial charge in [0.1, 0.15) is 0 Å². The largest absolute Gasteiger partial charge is 0.297 e. The number of nitrogens with zero attached hydrogens (tertiary/aromatic N) is 1. The third-order valence-corrected chi connectivity index (χ3v) is 3.55. The lowest BCUT2D eigenvalue weighted by atomic mass is 9.89. The zero-order valence-electron chi connectivity index (χ0n) is 9.92. The number of rotatable bonds is 5. The topological polar surface area (TPSA) is 41.3 Å². The molecule has 0 aromatic rings. The Morgan fingerprint density at radius 2 is 2.07 bits per heavy atom. The normalized spacial score (nSPS) is 20.1. The second-order valence-corrected chi connectivity index (χ2v) is 4.81. The van der Waals surface area contributed by atoms with Gasteiger partial charge in [-0.15, -0.1) is 12.3 Å². The van der Waals surface area contributed by atoms with Crippen LogP contribution in [0, 0.1) is 12.3 Å². The minimum Gasteiger partial charge on any atom is -0.297 e. The van der Waals surface area contributed by atoms with E-state index in [9.17, 15) is 0 Å². The quantitative estimate of drug-likeness (QED) is 0.405. The molecule has 1 unspecified atom stereocenters. The number of likely N-dealkylation sites (tertiary alicyclic amines) is 1. The fourth-order valence-electron chi connectivity index (χ4n) is 2.38. The molecule has 3 heteroatoms. The van der Waals surface area contributed by atoms with Crippen LogP contribution in [0.1, 0.15) is 39.5 Å². The van der Waals surface area contributed by atoms with Gasteiger partial charge in [0, 0.05) is 18.0 Å². The summed E-state index contributed by atoms with van der Waals surface area (Å²) in [6, 6.07) is 0.270. The summed E-state index contributed by atoms with van der Waals surface area (Å²) in [5, 5.41) is 0. The lowest BCUT2D eigenvalue weighted by Crippen LogP contribution is -2.58. The molecular formula is C12H23N3. The van der Waals surface area contributed by atoms with Gasteiger partial charge in [0.25, 0.3) is 0 Å². The summed E-state index contributed by atoms with van der Waals surface area (Å²) < 4.78 is 0. The van der Waals surface area contributed by atoms with E-state index in [0.29, 0.717) is 0 Å². The third-order valence-electron chi connectivity index (χ3n) is 3.55. The molecule has 1 aliphatic rings. The molecule has 0 spiro atoms. The summed E-state index contributed by atoms with van der Waals surface area (Å²) in [6.07, 6.45) is 9.62. The van der Waals surface area contributed by atoms with Gasteiger partial charge in [-0.1, -0.05) is 0 Å². The maximum Gasteiger partial charge on any atom is 0.0398 e. The molecule has 1 aliphatic heterocycles. The van der Waals surface area contributed by atoms with E-state index in [0.717, 1.165) is 12.8 Å². The molecule has 0 aliphatic carbocycles. The Labute approximate surface area is 93.4 Å². The molecular weight excluding hydrogens is 186 g/mol.